The predicted octanol–water partition coefficient (Wildman–Crippen LogP) is 2.92. The number of thioether (sulfide) groups is 1. The van der Waals surface area contributed by atoms with Crippen LogP contribution < -0.4 is 5.32 Å². The molecule has 7 nitrogen and oxygen atoms in total. The first kappa shape index (κ1) is 20.1. The molecule has 0 radical (unpaired) electrons. The van der Waals surface area contributed by atoms with Crippen molar-refractivity contribution in [2.24, 2.45) is 7.05 Å². The first-order valence-electron chi connectivity index (χ1n) is 8.44. The Morgan fingerprint density at radius 1 is 1.14 bits per heavy atom. The number of aryl methyl sites for hydroxylation is 1. The summed E-state index contributed by atoms with van der Waals surface area (Å²) in [7, 11) is -1.47. The average molecular weight is 417 g/mol. The lowest BCUT2D eigenvalue weighted by Crippen LogP contribution is -2.14. The standard InChI is InChI=1S/C19H20N4O3S2/c1-13-7-4-5-10-16(13)18-21-22-19(23(18)2)27-12-17(24)20-14-8-6-9-15(11-14)28(3,25)26/h4-11H,12H2,1-3H3,(H,20,24). The molecule has 1 heterocycles. The molecule has 3 aromatic rings. The van der Waals surface area contributed by atoms with Gasteiger partial charge in [-0.2, -0.15) is 0 Å². The molecule has 0 aliphatic heterocycles. The van der Waals surface area contributed by atoms with Gasteiger partial charge in [-0.1, -0.05) is 42.1 Å². The van der Waals surface area contributed by atoms with Crippen LogP contribution in [0.15, 0.2) is 58.6 Å². The van der Waals surface area contributed by atoms with E-state index >= 15 is 0 Å². The topological polar surface area (TPSA) is 94.0 Å². The Bertz CT molecular complexity index is 1120. The molecule has 0 atom stereocenters. The third-order valence-electron chi connectivity index (χ3n) is 4.10. The Kier molecular flexibility index (Phi) is 5.85. The molecule has 0 fully saturated rings. The third kappa shape index (κ3) is 4.60. The molecule has 146 valence electrons. The van der Waals surface area contributed by atoms with Gasteiger partial charge in [0, 0.05) is 24.6 Å². The maximum atomic E-state index is 12.3. The molecule has 0 unspecified atom stereocenters. The SMILES string of the molecule is Cc1ccccc1-c1nnc(SCC(=O)Nc2cccc(S(C)(=O)=O)c2)n1C. The molecule has 0 bridgehead atoms. The molecule has 3 rings (SSSR count). The van der Waals surface area contributed by atoms with Crippen LogP contribution in [0.3, 0.4) is 0 Å². The largest absolute Gasteiger partial charge is 0.325 e. The van der Waals surface area contributed by atoms with E-state index in [1.807, 2.05) is 42.8 Å². The highest BCUT2D eigenvalue weighted by atomic mass is 32.2. The van der Waals surface area contributed by atoms with Gasteiger partial charge in [-0.3, -0.25) is 4.79 Å². The Hall–Kier alpha value is -2.65. The first-order valence-corrected chi connectivity index (χ1v) is 11.3. The summed E-state index contributed by atoms with van der Waals surface area (Å²) < 4.78 is 25.1. The summed E-state index contributed by atoms with van der Waals surface area (Å²) in [5.41, 5.74) is 2.52. The van der Waals surface area contributed by atoms with Crippen LogP contribution in [0.1, 0.15) is 5.56 Å². The maximum absolute atomic E-state index is 12.3. The molecule has 1 aromatic heterocycles. The Labute approximate surface area is 168 Å². The van der Waals surface area contributed by atoms with Crippen LogP contribution in [0.4, 0.5) is 5.69 Å². The summed E-state index contributed by atoms with van der Waals surface area (Å²) in [5.74, 6) is 0.612. The molecule has 28 heavy (non-hydrogen) atoms. The van der Waals surface area contributed by atoms with E-state index in [-0.39, 0.29) is 16.6 Å². The van der Waals surface area contributed by atoms with Crippen molar-refractivity contribution in [3.8, 4) is 11.4 Å². The third-order valence-corrected chi connectivity index (χ3v) is 6.23. The highest BCUT2D eigenvalue weighted by Crippen LogP contribution is 2.25. The van der Waals surface area contributed by atoms with Gasteiger partial charge in [0.25, 0.3) is 0 Å². The number of rotatable bonds is 6. The average Bonchev–Trinajstić information content (AvgIpc) is 3.00. The van der Waals surface area contributed by atoms with Crippen LogP contribution in [0, 0.1) is 6.92 Å². The van der Waals surface area contributed by atoms with E-state index in [4.69, 9.17) is 0 Å². The van der Waals surface area contributed by atoms with Gasteiger partial charge in [0.1, 0.15) is 0 Å². The summed E-state index contributed by atoms with van der Waals surface area (Å²) in [6.07, 6.45) is 1.13. The van der Waals surface area contributed by atoms with Crippen molar-refractivity contribution >= 4 is 33.2 Å². The maximum Gasteiger partial charge on any atom is 0.234 e. The van der Waals surface area contributed by atoms with Crippen LogP contribution >= 0.6 is 11.8 Å². The minimum absolute atomic E-state index is 0.128. The lowest BCUT2D eigenvalue weighted by atomic mass is 10.1. The van der Waals surface area contributed by atoms with Crippen LogP contribution in [-0.2, 0) is 21.7 Å². The molecule has 1 N–H and O–H groups in total. The first-order chi connectivity index (χ1) is 13.3. The van der Waals surface area contributed by atoms with Crippen LogP contribution in [-0.4, -0.2) is 41.1 Å². The fourth-order valence-corrected chi connectivity index (χ4v) is 4.01. The van der Waals surface area contributed by atoms with Crippen molar-refractivity contribution in [2.75, 3.05) is 17.3 Å². The second kappa shape index (κ2) is 8.15. The van der Waals surface area contributed by atoms with E-state index in [0.717, 1.165) is 23.2 Å². The summed E-state index contributed by atoms with van der Waals surface area (Å²) in [4.78, 5) is 12.4. The number of amides is 1. The van der Waals surface area contributed by atoms with E-state index in [1.165, 1.54) is 23.9 Å². The van der Waals surface area contributed by atoms with Gasteiger partial charge in [0.05, 0.1) is 10.6 Å². The van der Waals surface area contributed by atoms with Crippen molar-refractivity contribution < 1.29 is 13.2 Å². The van der Waals surface area contributed by atoms with Gasteiger partial charge >= 0.3 is 0 Å². The lowest BCUT2D eigenvalue weighted by Gasteiger charge is -2.07. The number of hydrogen-bond donors (Lipinski definition) is 1. The van der Waals surface area contributed by atoms with Gasteiger partial charge in [-0.15, -0.1) is 10.2 Å². The van der Waals surface area contributed by atoms with Crippen LogP contribution in [0.5, 0.6) is 0 Å². The number of hydrogen-bond acceptors (Lipinski definition) is 6. The smallest absolute Gasteiger partial charge is 0.234 e. The van der Waals surface area contributed by atoms with Crippen molar-refractivity contribution in [3.63, 3.8) is 0 Å². The normalized spacial score (nSPS) is 11.4. The predicted molar refractivity (Wildman–Crippen MR) is 110 cm³/mol. The minimum atomic E-state index is -3.33. The molecule has 0 aliphatic rings. The summed E-state index contributed by atoms with van der Waals surface area (Å²) in [6.45, 7) is 2.01. The molecular formula is C19H20N4O3S2. The lowest BCUT2D eigenvalue weighted by molar-refractivity contribution is -0.113. The van der Waals surface area contributed by atoms with Gasteiger partial charge in [-0.05, 0) is 30.7 Å². The number of aromatic nitrogens is 3. The minimum Gasteiger partial charge on any atom is -0.325 e. The summed E-state index contributed by atoms with van der Waals surface area (Å²) in [5, 5.41) is 11.7. The Morgan fingerprint density at radius 3 is 2.61 bits per heavy atom. The van der Waals surface area contributed by atoms with Crippen molar-refractivity contribution in [2.45, 2.75) is 17.0 Å². The highest BCUT2D eigenvalue weighted by Gasteiger charge is 2.15. The van der Waals surface area contributed by atoms with Gasteiger partial charge < -0.3 is 9.88 Å². The number of sulfone groups is 1. The summed E-state index contributed by atoms with van der Waals surface area (Å²) >= 11 is 1.26. The number of anilines is 1. The number of nitrogens with one attached hydrogen (secondary N) is 1. The number of benzene rings is 2. The van der Waals surface area contributed by atoms with Crippen molar-refractivity contribution in [1.82, 2.24) is 14.8 Å². The van der Waals surface area contributed by atoms with E-state index in [2.05, 4.69) is 15.5 Å². The monoisotopic (exact) mass is 416 g/mol. The molecule has 0 saturated heterocycles. The van der Waals surface area contributed by atoms with E-state index < -0.39 is 9.84 Å². The highest BCUT2D eigenvalue weighted by molar-refractivity contribution is 7.99. The van der Waals surface area contributed by atoms with Gasteiger partial charge in [0.2, 0.25) is 5.91 Å². The number of nitrogens with zero attached hydrogens (tertiary/aromatic N) is 3. The molecule has 9 heteroatoms. The van der Waals surface area contributed by atoms with Crippen LogP contribution in [0.25, 0.3) is 11.4 Å². The van der Waals surface area contributed by atoms with Gasteiger partial charge in [0.15, 0.2) is 20.8 Å². The molecule has 1 amide bonds. The number of carbonyl (C=O) groups excluding carboxylic acids is 1. The zero-order chi connectivity index (χ0) is 20.3. The fraction of sp³-hybridized carbons (Fsp3) is 0.211. The number of carbonyl (C=O) groups is 1. The van der Waals surface area contributed by atoms with Crippen molar-refractivity contribution in [3.05, 3.63) is 54.1 Å². The second-order valence-electron chi connectivity index (χ2n) is 6.32. The molecular weight excluding hydrogens is 396 g/mol. The van der Waals surface area contributed by atoms with Gasteiger partial charge in [-0.25, -0.2) is 8.42 Å². The molecule has 0 spiro atoms. The zero-order valence-electron chi connectivity index (χ0n) is 15.7. The molecule has 0 saturated carbocycles. The molecule has 2 aromatic carbocycles. The second-order valence-corrected chi connectivity index (χ2v) is 9.28. The van der Waals surface area contributed by atoms with Crippen molar-refractivity contribution in [1.29, 1.82) is 0 Å². The van der Waals surface area contributed by atoms with E-state index in [9.17, 15) is 13.2 Å². The Balaban J connectivity index is 1.67. The van der Waals surface area contributed by atoms with E-state index in [0.29, 0.717) is 10.8 Å². The van der Waals surface area contributed by atoms with E-state index in [1.54, 1.807) is 12.1 Å². The quantitative estimate of drug-likeness (QED) is 0.621. The zero-order valence-corrected chi connectivity index (χ0v) is 17.3. The fourth-order valence-electron chi connectivity index (χ4n) is 2.63. The Morgan fingerprint density at radius 2 is 1.89 bits per heavy atom. The van der Waals surface area contributed by atoms with Crippen LogP contribution in [0.2, 0.25) is 0 Å². The molecule has 0 aliphatic carbocycles. The summed E-state index contributed by atoms with van der Waals surface area (Å²) in [6, 6.07) is 14.1.